The maximum Gasteiger partial charge on any atom is 0.337 e. The van der Waals surface area contributed by atoms with Gasteiger partial charge in [-0.05, 0) is 127 Å². The van der Waals surface area contributed by atoms with Crippen LogP contribution in [0.4, 0.5) is 0 Å². The van der Waals surface area contributed by atoms with Gasteiger partial charge in [0.05, 0.1) is 33.1 Å². The number of aliphatic carboxylic acids is 1. The molecule has 7 nitrogen and oxygen atoms in total. The Kier molecular flexibility index (Phi) is 8.14. The molecule has 0 amide bonds. The molecule has 0 spiro atoms. The first-order chi connectivity index (χ1) is 23.0. The zero-order chi connectivity index (χ0) is 33.3. The molecule has 2 aromatic heterocycles. The topological polar surface area (TPSA) is 80.5 Å². The highest BCUT2D eigenvalue weighted by Gasteiger charge is 2.35. The number of likely N-dealkylation sites (tertiary alicyclic amines) is 1. The standard InChI is InChI=1S/C39H43ClN4O3S/c1-22-20-30-36(33(23-8-11-26(40)12-9-23)32(22)35(38(45)46)47-39(2,3)4)48-37(41-30)25-10-15-31-29(21-25)34(42-44(31)28-13-14-28)24-16-18-43(19-17-24)27-6-5-7-27/h8-12,15,20-21,24,27-28,35H,5-7,13-14,16-19H2,1-4H3,(H,45,46)/t35-/m0/s1. The van der Waals surface area contributed by atoms with Crippen LogP contribution in [0.2, 0.25) is 5.02 Å². The quantitative estimate of drug-likeness (QED) is 0.175. The summed E-state index contributed by atoms with van der Waals surface area (Å²) in [5.41, 5.74) is 6.93. The van der Waals surface area contributed by atoms with Crippen molar-refractivity contribution in [2.75, 3.05) is 13.1 Å². The lowest BCUT2D eigenvalue weighted by Crippen LogP contribution is -2.44. The first-order valence-electron chi connectivity index (χ1n) is 17.4. The van der Waals surface area contributed by atoms with Crippen LogP contribution in [0, 0.1) is 6.92 Å². The van der Waals surface area contributed by atoms with E-state index in [4.69, 9.17) is 26.4 Å². The van der Waals surface area contributed by atoms with E-state index in [1.54, 1.807) is 11.3 Å². The number of fused-ring (bicyclic) bond motifs is 2. The summed E-state index contributed by atoms with van der Waals surface area (Å²) in [5, 5.41) is 18.5. The van der Waals surface area contributed by atoms with E-state index in [2.05, 4.69) is 27.8 Å². The van der Waals surface area contributed by atoms with Crippen molar-refractivity contribution >= 4 is 50.0 Å². The van der Waals surface area contributed by atoms with Gasteiger partial charge in [-0.15, -0.1) is 11.3 Å². The zero-order valence-electron chi connectivity index (χ0n) is 28.1. The molecule has 1 saturated heterocycles. The van der Waals surface area contributed by atoms with Crippen molar-refractivity contribution in [2.45, 2.75) is 102 Å². The van der Waals surface area contributed by atoms with Crippen molar-refractivity contribution in [2.24, 2.45) is 0 Å². The minimum absolute atomic E-state index is 0.465. The minimum atomic E-state index is -1.14. The van der Waals surface area contributed by atoms with Crippen LogP contribution in [-0.4, -0.2) is 55.5 Å². The number of halogens is 1. The van der Waals surface area contributed by atoms with E-state index >= 15 is 0 Å². The number of aryl methyl sites for hydroxylation is 1. The second kappa shape index (κ2) is 12.2. The summed E-state index contributed by atoms with van der Waals surface area (Å²) in [6, 6.07) is 17.7. The molecule has 8 rings (SSSR count). The lowest BCUT2D eigenvalue weighted by molar-refractivity contribution is -0.160. The van der Waals surface area contributed by atoms with Crippen LogP contribution in [0.15, 0.2) is 48.5 Å². The second-order valence-electron chi connectivity index (χ2n) is 15.0. The number of piperidine rings is 1. The van der Waals surface area contributed by atoms with Gasteiger partial charge in [0.15, 0.2) is 6.10 Å². The Morgan fingerprint density at radius 3 is 2.31 bits per heavy atom. The third kappa shape index (κ3) is 5.95. The number of carbonyl (C=O) groups is 1. The summed E-state index contributed by atoms with van der Waals surface area (Å²) < 4.78 is 9.44. The highest BCUT2D eigenvalue weighted by atomic mass is 35.5. The van der Waals surface area contributed by atoms with Crippen molar-refractivity contribution < 1.29 is 14.6 Å². The summed E-state index contributed by atoms with van der Waals surface area (Å²) in [6.45, 7) is 9.94. The Bertz CT molecular complexity index is 2010. The smallest absolute Gasteiger partial charge is 0.337 e. The zero-order valence-corrected chi connectivity index (χ0v) is 29.7. The van der Waals surface area contributed by atoms with Gasteiger partial charge in [0, 0.05) is 39.1 Å². The van der Waals surface area contributed by atoms with Gasteiger partial charge in [-0.3, -0.25) is 4.68 Å². The molecule has 48 heavy (non-hydrogen) atoms. The number of rotatable bonds is 8. The van der Waals surface area contributed by atoms with Crippen molar-refractivity contribution in [3.63, 3.8) is 0 Å². The van der Waals surface area contributed by atoms with E-state index in [1.165, 1.54) is 48.7 Å². The lowest BCUT2D eigenvalue weighted by atomic mass is 9.86. The van der Waals surface area contributed by atoms with Crippen molar-refractivity contribution in [1.29, 1.82) is 0 Å². The van der Waals surface area contributed by atoms with Gasteiger partial charge in [-0.25, -0.2) is 9.78 Å². The predicted octanol–water partition coefficient (Wildman–Crippen LogP) is 9.95. The number of ether oxygens (including phenoxy) is 1. The molecule has 2 saturated carbocycles. The molecule has 3 fully saturated rings. The number of carboxylic acid groups (broad SMARTS) is 1. The van der Waals surface area contributed by atoms with Crippen LogP contribution >= 0.6 is 22.9 Å². The van der Waals surface area contributed by atoms with Crippen molar-refractivity contribution in [3.8, 4) is 21.7 Å². The highest BCUT2D eigenvalue weighted by molar-refractivity contribution is 7.22. The van der Waals surface area contributed by atoms with Crippen LogP contribution in [-0.2, 0) is 9.53 Å². The SMILES string of the molecule is Cc1cc2nc(-c3ccc4c(c3)c(C3CCN(C5CCC5)CC3)nn4C3CC3)sc2c(-c2ccc(Cl)cc2)c1[C@H](OC(C)(C)C)C(=O)O. The molecule has 1 atom stereocenters. The summed E-state index contributed by atoms with van der Waals surface area (Å²) in [5.74, 6) is -0.552. The van der Waals surface area contributed by atoms with Crippen LogP contribution in [0.5, 0.6) is 0 Å². The highest BCUT2D eigenvalue weighted by Crippen LogP contribution is 2.46. The first kappa shape index (κ1) is 31.9. The Balaban J connectivity index is 1.24. The third-order valence-electron chi connectivity index (χ3n) is 10.4. The van der Waals surface area contributed by atoms with Gasteiger partial charge in [0.1, 0.15) is 5.01 Å². The van der Waals surface area contributed by atoms with Gasteiger partial charge >= 0.3 is 5.97 Å². The normalized spacial score (nSPS) is 18.9. The largest absolute Gasteiger partial charge is 0.479 e. The summed E-state index contributed by atoms with van der Waals surface area (Å²) in [7, 11) is 0. The van der Waals surface area contributed by atoms with Crippen molar-refractivity contribution in [3.05, 3.63) is 70.4 Å². The molecular weight excluding hydrogens is 640 g/mol. The summed E-state index contributed by atoms with van der Waals surface area (Å²) in [4.78, 5) is 20.7. The predicted molar refractivity (Wildman–Crippen MR) is 194 cm³/mol. The average molecular weight is 683 g/mol. The number of benzene rings is 3. The molecule has 0 radical (unpaired) electrons. The summed E-state index contributed by atoms with van der Waals surface area (Å²) in [6.07, 6.45) is 7.66. The van der Waals surface area contributed by atoms with Crippen LogP contribution < -0.4 is 0 Å². The number of aromatic nitrogens is 3. The summed E-state index contributed by atoms with van der Waals surface area (Å²) >= 11 is 7.91. The average Bonchev–Trinajstić information content (AvgIpc) is 3.67. The molecule has 3 aromatic carbocycles. The van der Waals surface area contributed by atoms with E-state index in [0.717, 1.165) is 69.5 Å². The molecule has 0 bridgehead atoms. The Morgan fingerprint density at radius 2 is 1.69 bits per heavy atom. The lowest BCUT2D eigenvalue weighted by Gasteiger charge is -2.41. The molecule has 3 heterocycles. The van der Waals surface area contributed by atoms with Crippen LogP contribution in [0.1, 0.15) is 101 Å². The number of nitrogens with zero attached hydrogens (tertiary/aromatic N) is 4. The molecular formula is C39H43ClN4O3S. The molecule has 1 aliphatic heterocycles. The van der Waals surface area contributed by atoms with Crippen LogP contribution in [0.25, 0.3) is 42.8 Å². The Morgan fingerprint density at radius 1 is 0.979 bits per heavy atom. The van der Waals surface area contributed by atoms with Gasteiger partial charge in [-0.2, -0.15) is 5.10 Å². The van der Waals surface area contributed by atoms with Gasteiger partial charge in [0.25, 0.3) is 0 Å². The van der Waals surface area contributed by atoms with Gasteiger partial charge < -0.3 is 14.7 Å². The van der Waals surface area contributed by atoms with E-state index in [-0.39, 0.29) is 0 Å². The molecule has 3 aliphatic rings. The van der Waals surface area contributed by atoms with Crippen molar-refractivity contribution in [1.82, 2.24) is 19.7 Å². The molecule has 250 valence electrons. The minimum Gasteiger partial charge on any atom is -0.479 e. The fraction of sp³-hybridized carbons (Fsp3) is 0.462. The van der Waals surface area contributed by atoms with Gasteiger partial charge in [0.2, 0.25) is 0 Å². The van der Waals surface area contributed by atoms with E-state index in [9.17, 15) is 9.90 Å². The van der Waals surface area contributed by atoms with E-state index < -0.39 is 17.7 Å². The monoisotopic (exact) mass is 682 g/mol. The number of thiazole rings is 1. The fourth-order valence-corrected chi connectivity index (χ4v) is 8.90. The number of carboxylic acids is 1. The fourth-order valence-electron chi connectivity index (χ4n) is 7.65. The maximum atomic E-state index is 12.8. The molecule has 5 aromatic rings. The third-order valence-corrected chi connectivity index (χ3v) is 11.8. The van der Waals surface area contributed by atoms with E-state index in [1.807, 2.05) is 58.0 Å². The number of hydrogen-bond acceptors (Lipinski definition) is 6. The molecule has 0 unspecified atom stereocenters. The van der Waals surface area contributed by atoms with Crippen LogP contribution in [0.3, 0.4) is 0 Å². The van der Waals surface area contributed by atoms with Gasteiger partial charge in [-0.1, -0.05) is 30.2 Å². The first-order valence-corrected chi connectivity index (χ1v) is 18.6. The second-order valence-corrected chi connectivity index (χ2v) is 16.4. The molecule has 1 N–H and O–H groups in total. The Hall–Kier alpha value is -3.30. The molecule has 2 aliphatic carbocycles. The maximum absolute atomic E-state index is 12.8. The van der Waals surface area contributed by atoms with E-state index in [0.29, 0.717) is 22.5 Å². The number of hydrogen-bond donors (Lipinski definition) is 1. The Labute approximate surface area is 290 Å². The molecule has 9 heteroatoms.